The Morgan fingerprint density at radius 2 is 0.469 bits per heavy atom. The molecule has 0 saturated heterocycles. The highest BCUT2D eigenvalue weighted by molar-refractivity contribution is 7.47. The van der Waals surface area contributed by atoms with Crippen molar-refractivity contribution in [2.24, 2.45) is 5.92 Å². The Labute approximate surface area is 600 Å². The molecule has 0 aromatic heterocycles. The molecule has 0 heterocycles. The normalized spacial score (nSPS) is 13.9. The molecule has 0 aromatic rings. The molecule has 0 spiro atoms. The first-order valence-corrected chi connectivity index (χ1v) is 44.1. The average molecular weight is 1440 g/mol. The molecule has 17 nitrogen and oxygen atoms in total. The molecular weight excluding hydrogens is 1280 g/mol. The molecule has 5 atom stereocenters. The van der Waals surface area contributed by atoms with Crippen LogP contribution in [0.3, 0.4) is 0 Å². The lowest BCUT2D eigenvalue weighted by molar-refractivity contribution is -0.161. The van der Waals surface area contributed by atoms with Crippen LogP contribution in [0.25, 0.3) is 0 Å². The average Bonchev–Trinajstić information content (AvgIpc) is 1.05. The highest BCUT2D eigenvalue weighted by Crippen LogP contribution is 2.45. The number of esters is 4. The van der Waals surface area contributed by atoms with Gasteiger partial charge in [0.1, 0.15) is 19.3 Å². The van der Waals surface area contributed by atoms with Gasteiger partial charge >= 0.3 is 39.5 Å². The monoisotopic (exact) mass is 1440 g/mol. The molecule has 19 heteroatoms. The van der Waals surface area contributed by atoms with Crippen LogP contribution >= 0.6 is 15.6 Å². The van der Waals surface area contributed by atoms with E-state index in [9.17, 15) is 43.2 Å². The Hall–Kier alpha value is -1.94. The maximum Gasteiger partial charge on any atom is 0.472 e. The number of unbranched alkanes of at least 4 members (excludes halogenated alkanes) is 51. The van der Waals surface area contributed by atoms with Crippen molar-refractivity contribution in [2.75, 3.05) is 39.6 Å². The van der Waals surface area contributed by atoms with E-state index in [-0.39, 0.29) is 25.7 Å². The first-order valence-electron chi connectivity index (χ1n) is 41.1. The molecule has 0 rings (SSSR count). The molecule has 98 heavy (non-hydrogen) atoms. The SMILES string of the molecule is CCCCCCCCCCCCCCCCCCC(=O)OC[C@H](COP(=O)(O)OC[C@@H](O)COP(=O)(O)OC[C@@H](COC(=O)CCCCCCCCCCCCCCC)OC(=O)CCCCCCCCCCCCC(C)C)OC(=O)CCCCCCCCCCCCCCCCCC. The van der Waals surface area contributed by atoms with Crippen LogP contribution in [0, 0.1) is 5.92 Å². The summed E-state index contributed by atoms with van der Waals surface area (Å²) < 4.78 is 68.7. The third-order valence-electron chi connectivity index (χ3n) is 18.5. The van der Waals surface area contributed by atoms with E-state index in [1.165, 1.54) is 244 Å². The number of phosphoric acid groups is 2. The van der Waals surface area contributed by atoms with Gasteiger partial charge < -0.3 is 33.8 Å². The minimum absolute atomic E-state index is 0.107. The predicted molar refractivity (Wildman–Crippen MR) is 400 cm³/mol. The van der Waals surface area contributed by atoms with Gasteiger partial charge in [-0.3, -0.25) is 37.3 Å². The maximum absolute atomic E-state index is 13.1. The lowest BCUT2D eigenvalue weighted by Gasteiger charge is -2.21. The Morgan fingerprint density at radius 1 is 0.276 bits per heavy atom. The summed E-state index contributed by atoms with van der Waals surface area (Å²) in [7, 11) is -9.92. The summed E-state index contributed by atoms with van der Waals surface area (Å²) in [6, 6.07) is 0. The molecule has 582 valence electrons. The second kappa shape index (κ2) is 72.0. The summed E-state index contributed by atoms with van der Waals surface area (Å²) in [5.74, 6) is -1.35. The van der Waals surface area contributed by atoms with Crippen molar-refractivity contribution in [3.63, 3.8) is 0 Å². The second-order valence-corrected chi connectivity index (χ2v) is 31.8. The molecule has 3 N–H and O–H groups in total. The first kappa shape index (κ1) is 96.1. The highest BCUT2D eigenvalue weighted by Gasteiger charge is 2.30. The van der Waals surface area contributed by atoms with Crippen molar-refractivity contribution in [3.8, 4) is 0 Å². The maximum atomic E-state index is 13.1. The van der Waals surface area contributed by atoms with Gasteiger partial charge in [0, 0.05) is 25.7 Å². The van der Waals surface area contributed by atoms with Crippen LogP contribution in [-0.4, -0.2) is 96.7 Å². The zero-order chi connectivity index (χ0) is 71.9. The summed E-state index contributed by atoms with van der Waals surface area (Å²) in [5, 5.41) is 10.6. The van der Waals surface area contributed by atoms with E-state index in [4.69, 9.17) is 37.0 Å². The van der Waals surface area contributed by atoms with E-state index in [2.05, 4.69) is 34.6 Å². The molecular formula is C79H154O17P2. The van der Waals surface area contributed by atoms with Gasteiger partial charge in [-0.05, 0) is 31.6 Å². The highest BCUT2D eigenvalue weighted by atomic mass is 31.2. The largest absolute Gasteiger partial charge is 0.472 e. The second-order valence-electron chi connectivity index (χ2n) is 28.9. The fourth-order valence-corrected chi connectivity index (χ4v) is 13.8. The van der Waals surface area contributed by atoms with Crippen molar-refractivity contribution < 1.29 is 80.2 Å². The number of carbonyl (C=O) groups is 4. The minimum atomic E-state index is -4.96. The summed E-state index contributed by atoms with van der Waals surface area (Å²) in [6.07, 6.45) is 62.2. The Balaban J connectivity index is 5.26. The van der Waals surface area contributed by atoms with Gasteiger partial charge in [0.15, 0.2) is 12.2 Å². The summed E-state index contributed by atoms with van der Waals surface area (Å²) in [6.45, 7) is 7.32. The molecule has 0 aliphatic carbocycles. The molecule has 0 fully saturated rings. The number of phosphoric ester groups is 2. The molecule has 0 aliphatic rings. The lowest BCUT2D eigenvalue weighted by Crippen LogP contribution is -2.30. The van der Waals surface area contributed by atoms with E-state index in [1.807, 2.05) is 0 Å². The van der Waals surface area contributed by atoms with Crippen molar-refractivity contribution in [2.45, 2.75) is 438 Å². The topological polar surface area (TPSA) is 237 Å². The van der Waals surface area contributed by atoms with E-state index in [1.54, 1.807) is 0 Å². The van der Waals surface area contributed by atoms with Gasteiger partial charge in [-0.2, -0.15) is 0 Å². The third kappa shape index (κ3) is 72.4. The fourth-order valence-electron chi connectivity index (χ4n) is 12.2. The zero-order valence-electron chi connectivity index (χ0n) is 63.9. The van der Waals surface area contributed by atoms with Crippen molar-refractivity contribution in [1.29, 1.82) is 0 Å². The van der Waals surface area contributed by atoms with Crippen LogP contribution in [0.2, 0.25) is 0 Å². The van der Waals surface area contributed by atoms with Crippen LogP contribution in [0.1, 0.15) is 420 Å². The van der Waals surface area contributed by atoms with Crippen LogP contribution < -0.4 is 0 Å². The van der Waals surface area contributed by atoms with E-state index < -0.39 is 97.5 Å². The Morgan fingerprint density at radius 3 is 0.694 bits per heavy atom. The third-order valence-corrected chi connectivity index (χ3v) is 20.4. The predicted octanol–water partition coefficient (Wildman–Crippen LogP) is 23.6. The molecule has 2 unspecified atom stereocenters. The van der Waals surface area contributed by atoms with Gasteiger partial charge in [-0.15, -0.1) is 0 Å². The number of hydrogen-bond donors (Lipinski definition) is 3. The quantitative estimate of drug-likeness (QED) is 0.0222. The minimum Gasteiger partial charge on any atom is -0.462 e. The van der Waals surface area contributed by atoms with E-state index >= 15 is 0 Å². The standard InChI is InChI=1S/C79H154O17P2/c1-6-9-12-15-18-21-24-27-29-31-34-37-43-48-53-58-63-77(82)90-68-74(95-78(83)64-59-54-49-44-38-35-32-30-28-25-22-19-16-13-10-7-2)70-93-97(85,86)91-66-73(80)67-92-98(87,88)94-71-75(96-79(84)65-60-55-50-45-40-39-41-46-51-56-61-72(4)5)69-89-76(81)62-57-52-47-42-36-33-26-23-20-17-14-11-8-3/h72-75,80H,6-71H2,1-5H3,(H,85,86)(H,87,88)/t73-,74-,75-/m1/s1. The number of rotatable bonds is 79. The van der Waals surface area contributed by atoms with Crippen molar-refractivity contribution in [3.05, 3.63) is 0 Å². The molecule has 0 bridgehead atoms. The number of aliphatic hydroxyl groups excluding tert-OH is 1. The molecule has 0 radical (unpaired) electrons. The van der Waals surface area contributed by atoms with Crippen LogP contribution in [0.15, 0.2) is 0 Å². The number of hydrogen-bond acceptors (Lipinski definition) is 15. The van der Waals surface area contributed by atoms with E-state index in [0.717, 1.165) is 95.8 Å². The number of aliphatic hydroxyl groups is 1. The molecule has 0 aliphatic heterocycles. The van der Waals surface area contributed by atoms with Gasteiger partial charge in [0.05, 0.1) is 26.4 Å². The summed E-state index contributed by atoms with van der Waals surface area (Å²) >= 11 is 0. The van der Waals surface area contributed by atoms with Gasteiger partial charge in [0.25, 0.3) is 0 Å². The number of ether oxygens (including phenoxy) is 4. The molecule has 0 amide bonds. The first-order chi connectivity index (χ1) is 47.5. The Kier molecular flexibility index (Phi) is 70.6. The van der Waals surface area contributed by atoms with Crippen LogP contribution in [0.5, 0.6) is 0 Å². The van der Waals surface area contributed by atoms with Crippen molar-refractivity contribution in [1.82, 2.24) is 0 Å². The summed E-state index contributed by atoms with van der Waals surface area (Å²) in [5.41, 5.74) is 0. The van der Waals surface area contributed by atoms with Crippen LogP contribution in [0.4, 0.5) is 0 Å². The van der Waals surface area contributed by atoms with Gasteiger partial charge in [-0.25, -0.2) is 9.13 Å². The van der Waals surface area contributed by atoms with Gasteiger partial charge in [-0.1, -0.05) is 369 Å². The summed E-state index contributed by atoms with van der Waals surface area (Å²) in [4.78, 5) is 73.0. The fraction of sp³-hybridized carbons (Fsp3) is 0.949. The zero-order valence-corrected chi connectivity index (χ0v) is 65.7. The number of carbonyl (C=O) groups excluding carboxylic acids is 4. The van der Waals surface area contributed by atoms with Crippen molar-refractivity contribution >= 4 is 39.5 Å². The molecule has 0 aromatic carbocycles. The lowest BCUT2D eigenvalue weighted by atomic mass is 10.0. The Bertz CT molecular complexity index is 1870. The van der Waals surface area contributed by atoms with Crippen LogP contribution in [-0.2, 0) is 65.4 Å². The smallest absolute Gasteiger partial charge is 0.462 e. The van der Waals surface area contributed by atoms with Gasteiger partial charge in [0.2, 0.25) is 0 Å². The molecule has 0 saturated carbocycles. The van der Waals surface area contributed by atoms with E-state index in [0.29, 0.717) is 25.7 Å².